The monoisotopic (exact) mass is 231 g/mol. The van der Waals surface area contributed by atoms with Crippen LogP contribution < -0.4 is 0 Å². The summed E-state index contributed by atoms with van der Waals surface area (Å²) < 4.78 is 4.86. The van der Waals surface area contributed by atoms with E-state index in [0.717, 1.165) is 0 Å². The lowest BCUT2D eigenvalue weighted by Crippen LogP contribution is -2.46. The van der Waals surface area contributed by atoms with Crippen molar-refractivity contribution in [3.63, 3.8) is 0 Å². The van der Waals surface area contributed by atoms with Gasteiger partial charge in [-0.3, -0.25) is 9.69 Å². The van der Waals surface area contributed by atoms with E-state index in [1.807, 2.05) is 0 Å². The van der Waals surface area contributed by atoms with Gasteiger partial charge in [0.1, 0.15) is 6.04 Å². The first kappa shape index (κ1) is 12.0. The number of nitrogens with zero attached hydrogens (tertiary/aromatic N) is 1. The molecule has 0 saturated carbocycles. The summed E-state index contributed by atoms with van der Waals surface area (Å²) in [5.41, 5.74) is 0. The number of halogens is 1. The zero-order valence-corrected chi connectivity index (χ0v) is 9.58. The van der Waals surface area contributed by atoms with Crippen LogP contribution in [0.3, 0.4) is 0 Å². The Labute approximate surface area is 93.8 Å². The van der Waals surface area contributed by atoms with Gasteiger partial charge in [-0.05, 0) is 19.9 Å². The molecule has 15 heavy (non-hydrogen) atoms. The maximum absolute atomic E-state index is 11.5. The van der Waals surface area contributed by atoms with Gasteiger partial charge in [-0.25, -0.2) is 4.79 Å². The summed E-state index contributed by atoms with van der Waals surface area (Å²) in [4.78, 5) is 24.2. The minimum Gasteiger partial charge on any atom is -0.450 e. The smallest absolute Gasteiger partial charge is 0.410 e. The van der Waals surface area contributed by atoms with Gasteiger partial charge in [0.25, 0.3) is 0 Å². The highest BCUT2D eigenvalue weighted by atomic mass is 35.5. The summed E-state index contributed by atoms with van der Waals surface area (Å²) in [6, 6.07) is -0.578. The molecule has 0 aliphatic carbocycles. The lowest BCUT2D eigenvalue weighted by Gasteiger charge is -2.30. The first-order chi connectivity index (χ1) is 7.06. The predicted molar refractivity (Wildman–Crippen MR) is 56.8 cm³/mol. The highest BCUT2D eigenvalue weighted by Gasteiger charge is 2.29. The van der Waals surface area contributed by atoms with E-state index in [1.165, 1.54) is 11.8 Å². The number of amides is 1. The van der Waals surface area contributed by atoms with Gasteiger partial charge in [-0.1, -0.05) is 11.6 Å². The molecule has 84 valence electrons. The molecular formula is C10H14ClNO3. The summed E-state index contributed by atoms with van der Waals surface area (Å²) in [6.07, 6.45) is 1.71. The fraction of sp³-hybridized carbons (Fsp3) is 0.600. The lowest BCUT2D eigenvalue weighted by molar-refractivity contribution is -0.120. The van der Waals surface area contributed by atoms with Crippen LogP contribution in [0.1, 0.15) is 20.3 Å². The Morgan fingerprint density at radius 3 is 2.87 bits per heavy atom. The second-order valence-electron chi connectivity index (χ2n) is 3.31. The molecule has 0 saturated heterocycles. The van der Waals surface area contributed by atoms with Crippen LogP contribution in [0.2, 0.25) is 0 Å². The van der Waals surface area contributed by atoms with Crippen molar-refractivity contribution in [2.45, 2.75) is 26.3 Å². The van der Waals surface area contributed by atoms with Gasteiger partial charge in [0.15, 0.2) is 5.78 Å². The van der Waals surface area contributed by atoms with E-state index in [2.05, 4.69) is 0 Å². The molecule has 5 heteroatoms. The Balaban J connectivity index is 2.80. The number of carbonyl (C=O) groups excluding carboxylic acids is 2. The van der Waals surface area contributed by atoms with Crippen molar-refractivity contribution >= 4 is 23.5 Å². The summed E-state index contributed by atoms with van der Waals surface area (Å²) in [7, 11) is 0. The second-order valence-corrected chi connectivity index (χ2v) is 3.80. The largest absolute Gasteiger partial charge is 0.450 e. The number of ketones is 1. The zero-order valence-electron chi connectivity index (χ0n) is 8.83. The van der Waals surface area contributed by atoms with Crippen LogP contribution >= 0.6 is 11.6 Å². The van der Waals surface area contributed by atoms with Crippen LogP contribution in [0.4, 0.5) is 4.79 Å². The quantitative estimate of drug-likeness (QED) is 0.730. The lowest BCUT2D eigenvalue weighted by atomic mass is 10.1. The van der Waals surface area contributed by atoms with Gasteiger partial charge < -0.3 is 4.74 Å². The van der Waals surface area contributed by atoms with E-state index in [-0.39, 0.29) is 5.78 Å². The highest BCUT2D eigenvalue weighted by Crippen LogP contribution is 2.20. The third-order valence-corrected chi connectivity index (χ3v) is 2.50. The highest BCUT2D eigenvalue weighted by molar-refractivity contribution is 6.29. The normalized spacial score (nSPS) is 20.9. The first-order valence-corrected chi connectivity index (χ1v) is 5.24. The minimum atomic E-state index is -0.578. The maximum atomic E-state index is 11.5. The maximum Gasteiger partial charge on any atom is 0.410 e. The Hall–Kier alpha value is -1.03. The van der Waals surface area contributed by atoms with Crippen LogP contribution in [0.15, 0.2) is 11.1 Å². The van der Waals surface area contributed by atoms with Gasteiger partial charge in [0.2, 0.25) is 0 Å². The summed E-state index contributed by atoms with van der Waals surface area (Å²) in [6.45, 7) is 3.89. The van der Waals surface area contributed by atoms with Crippen LogP contribution in [0.5, 0.6) is 0 Å². The number of carbonyl (C=O) groups is 2. The van der Waals surface area contributed by atoms with Crippen LogP contribution in [0, 0.1) is 0 Å². The van der Waals surface area contributed by atoms with Gasteiger partial charge in [-0.15, -0.1) is 0 Å². The predicted octanol–water partition coefficient (Wildman–Crippen LogP) is 1.93. The molecule has 0 fully saturated rings. The molecular weight excluding hydrogens is 218 g/mol. The van der Waals surface area contributed by atoms with Crippen molar-refractivity contribution < 1.29 is 14.3 Å². The molecule has 0 radical (unpaired) electrons. The molecule has 1 unspecified atom stereocenters. The topological polar surface area (TPSA) is 46.6 Å². The molecule has 1 aliphatic rings. The molecule has 0 bridgehead atoms. The van der Waals surface area contributed by atoms with Crippen molar-refractivity contribution in [3.05, 3.63) is 11.1 Å². The standard InChI is InChI=1S/C10H14ClNO3/c1-3-15-10(14)12-5-4-8(11)6-9(12)7(2)13/h6,9H,3-5H2,1-2H3. The fourth-order valence-corrected chi connectivity index (χ4v) is 1.66. The van der Waals surface area contributed by atoms with Crippen molar-refractivity contribution in [2.24, 2.45) is 0 Å². The van der Waals surface area contributed by atoms with E-state index < -0.39 is 12.1 Å². The molecule has 0 N–H and O–H groups in total. The van der Waals surface area contributed by atoms with Crippen molar-refractivity contribution in [3.8, 4) is 0 Å². The summed E-state index contributed by atoms with van der Waals surface area (Å²) >= 11 is 5.83. The van der Waals surface area contributed by atoms with E-state index in [4.69, 9.17) is 16.3 Å². The molecule has 0 spiro atoms. The number of hydrogen-bond donors (Lipinski definition) is 0. The van der Waals surface area contributed by atoms with Gasteiger partial charge >= 0.3 is 6.09 Å². The first-order valence-electron chi connectivity index (χ1n) is 4.86. The van der Waals surface area contributed by atoms with Crippen LogP contribution in [-0.4, -0.2) is 36.0 Å². The van der Waals surface area contributed by atoms with Crippen molar-refractivity contribution in [1.82, 2.24) is 4.90 Å². The van der Waals surface area contributed by atoms with Gasteiger partial charge in [0.05, 0.1) is 6.61 Å². The third-order valence-electron chi connectivity index (χ3n) is 2.18. The number of hydrogen-bond acceptors (Lipinski definition) is 3. The summed E-state index contributed by atoms with van der Waals surface area (Å²) in [5, 5.41) is 0.621. The Morgan fingerprint density at radius 2 is 2.33 bits per heavy atom. The molecule has 0 aromatic heterocycles. The SMILES string of the molecule is CCOC(=O)N1CCC(Cl)=CC1C(C)=O. The summed E-state index contributed by atoms with van der Waals surface area (Å²) in [5.74, 6) is -0.110. The molecule has 1 rings (SSSR count). The second kappa shape index (κ2) is 5.16. The Morgan fingerprint density at radius 1 is 1.67 bits per heavy atom. The average Bonchev–Trinajstić information content (AvgIpc) is 2.17. The molecule has 4 nitrogen and oxygen atoms in total. The van der Waals surface area contributed by atoms with Crippen LogP contribution in [-0.2, 0) is 9.53 Å². The van der Waals surface area contributed by atoms with Gasteiger partial charge in [0, 0.05) is 18.0 Å². The average molecular weight is 232 g/mol. The minimum absolute atomic E-state index is 0.110. The Bertz CT molecular complexity index is 301. The van der Waals surface area contributed by atoms with Gasteiger partial charge in [-0.2, -0.15) is 0 Å². The van der Waals surface area contributed by atoms with E-state index in [0.29, 0.717) is 24.6 Å². The number of ether oxygens (including phenoxy) is 1. The molecule has 0 aromatic carbocycles. The Kier molecular flexibility index (Phi) is 4.15. The fourth-order valence-electron chi connectivity index (χ4n) is 1.46. The van der Waals surface area contributed by atoms with Crippen molar-refractivity contribution in [2.75, 3.05) is 13.2 Å². The van der Waals surface area contributed by atoms with Crippen LogP contribution in [0.25, 0.3) is 0 Å². The third kappa shape index (κ3) is 2.96. The molecule has 0 aromatic rings. The zero-order chi connectivity index (χ0) is 11.4. The molecule has 1 atom stereocenters. The van der Waals surface area contributed by atoms with Crippen molar-refractivity contribution in [1.29, 1.82) is 0 Å². The molecule has 1 heterocycles. The van der Waals surface area contributed by atoms with E-state index in [1.54, 1.807) is 13.0 Å². The number of rotatable bonds is 2. The van der Waals surface area contributed by atoms with E-state index >= 15 is 0 Å². The molecule has 1 aliphatic heterocycles. The molecule has 1 amide bonds. The number of Topliss-reactive ketones (excluding diaryl/α,β-unsaturated/α-hetero) is 1. The van der Waals surface area contributed by atoms with E-state index in [9.17, 15) is 9.59 Å².